The molecule has 0 aromatic heterocycles. The summed E-state index contributed by atoms with van der Waals surface area (Å²) in [5.74, 6) is -0.696. The molecule has 1 amide bonds. The van der Waals surface area contributed by atoms with Crippen molar-refractivity contribution in [3.8, 4) is 0 Å². The lowest BCUT2D eigenvalue weighted by molar-refractivity contribution is -0.159. The zero-order valence-corrected chi connectivity index (χ0v) is 20.9. The number of carboxylic acid groups (broad SMARTS) is 1. The van der Waals surface area contributed by atoms with Crippen molar-refractivity contribution in [2.75, 3.05) is 13.2 Å². The minimum Gasteiger partial charge on any atom is -0.480 e. The molecule has 35 heavy (non-hydrogen) atoms. The summed E-state index contributed by atoms with van der Waals surface area (Å²) in [5.41, 5.74) is 0.632. The van der Waals surface area contributed by atoms with Crippen LogP contribution < -0.4 is 5.32 Å². The number of nitrogens with zero attached hydrogens (tertiary/aromatic N) is 1. The highest BCUT2D eigenvalue weighted by atomic mass is 16.6. The number of nitrogens with one attached hydrogen (secondary N) is 1. The number of carbonyl (C=O) groups excluding carboxylic acids is 2. The van der Waals surface area contributed by atoms with E-state index in [0.717, 1.165) is 50.7 Å². The third-order valence-electron chi connectivity index (χ3n) is 9.90. The van der Waals surface area contributed by atoms with Crippen molar-refractivity contribution >= 4 is 23.4 Å². The third-order valence-corrected chi connectivity index (χ3v) is 9.90. The van der Waals surface area contributed by atoms with Crippen LogP contribution >= 0.6 is 0 Å². The quantitative estimate of drug-likeness (QED) is 0.400. The number of allylic oxidation sites excluding steroid dienone is 2. The molecule has 4 aliphatic rings. The Kier molecular flexibility index (Phi) is 6.87. The number of aliphatic hydroxyl groups is 2. The molecular weight excluding hydrogens is 452 g/mol. The average Bonchev–Trinajstić information content (AvgIpc) is 3.09. The normalized spacial score (nSPS) is 40.1. The van der Waals surface area contributed by atoms with Crippen LogP contribution in [0, 0.1) is 28.6 Å². The van der Waals surface area contributed by atoms with Gasteiger partial charge in [-0.15, -0.1) is 0 Å². The maximum atomic E-state index is 12.4. The Hall–Kier alpha value is -2.26. The topological polar surface area (TPSA) is 146 Å². The fraction of sp³-hybridized carbons (Fsp3) is 0.769. The van der Waals surface area contributed by atoms with Crippen molar-refractivity contribution in [3.05, 3.63) is 11.6 Å². The lowest BCUT2D eigenvalue weighted by Gasteiger charge is -2.59. The Morgan fingerprint density at radius 3 is 2.51 bits per heavy atom. The summed E-state index contributed by atoms with van der Waals surface area (Å²) in [6, 6.07) is -1.37. The largest absolute Gasteiger partial charge is 0.480 e. The van der Waals surface area contributed by atoms with Gasteiger partial charge in [0.2, 0.25) is 0 Å². The number of ketones is 1. The fourth-order valence-electron chi connectivity index (χ4n) is 7.83. The average molecular weight is 491 g/mol. The van der Waals surface area contributed by atoms with Gasteiger partial charge in [-0.25, -0.2) is 4.79 Å². The summed E-state index contributed by atoms with van der Waals surface area (Å²) in [5, 5.41) is 35.5. The van der Waals surface area contributed by atoms with E-state index >= 15 is 0 Å². The molecular formula is C26H38N2O7. The van der Waals surface area contributed by atoms with Crippen LogP contribution in [0.4, 0.5) is 0 Å². The first-order valence-corrected chi connectivity index (χ1v) is 12.7. The van der Waals surface area contributed by atoms with Gasteiger partial charge in [0.15, 0.2) is 12.4 Å². The molecule has 0 aromatic carbocycles. The molecule has 3 fully saturated rings. The van der Waals surface area contributed by atoms with Gasteiger partial charge in [-0.3, -0.25) is 9.59 Å². The van der Waals surface area contributed by atoms with E-state index in [1.54, 1.807) is 0 Å². The third kappa shape index (κ3) is 4.20. The molecule has 0 radical (unpaired) electrons. The SMILES string of the molecule is CC(=O)[C@@]1(O)CC[C@H]2[C@@H]3CCC4=C/C(=N/OCC(=O)N[C@@H](CO)C(=O)O)CC[C@]4(C)[C@H]3CC[C@@]21C. The number of oxime groups is 1. The number of rotatable bonds is 7. The first-order valence-electron chi connectivity index (χ1n) is 12.7. The number of carbonyl (C=O) groups is 3. The van der Waals surface area contributed by atoms with Crippen LogP contribution in [0.3, 0.4) is 0 Å². The van der Waals surface area contributed by atoms with Crippen molar-refractivity contribution in [2.24, 2.45) is 33.7 Å². The van der Waals surface area contributed by atoms with E-state index in [4.69, 9.17) is 15.1 Å². The summed E-state index contributed by atoms with van der Waals surface area (Å²) in [6.45, 7) is 4.90. The van der Waals surface area contributed by atoms with Gasteiger partial charge in [-0.1, -0.05) is 24.6 Å². The molecule has 0 unspecified atom stereocenters. The predicted octanol–water partition coefficient (Wildman–Crippen LogP) is 2.20. The van der Waals surface area contributed by atoms with Crippen LogP contribution in [-0.2, 0) is 19.2 Å². The number of fused-ring (bicyclic) bond motifs is 5. The van der Waals surface area contributed by atoms with E-state index in [2.05, 4.69) is 30.4 Å². The monoisotopic (exact) mass is 490 g/mol. The Morgan fingerprint density at radius 2 is 1.86 bits per heavy atom. The highest BCUT2D eigenvalue weighted by Gasteiger charge is 2.65. The van der Waals surface area contributed by atoms with Crippen molar-refractivity contribution in [2.45, 2.75) is 83.8 Å². The van der Waals surface area contributed by atoms with E-state index in [9.17, 15) is 19.5 Å². The molecule has 0 bridgehead atoms. The van der Waals surface area contributed by atoms with Crippen molar-refractivity contribution < 1.29 is 34.5 Å². The number of carboxylic acids is 1. The molecule has 9 nitrogen and oxygen atoms in total. The highest BCUT2D eigenvalue weighted by Crippen LogP contribution is 2.67. The number of aliphatic carboxylic acids is 1. The molecule has 0 aliphatic heterocycles. The number of hydrogen-bond acceptors (Lipinski definition) is 7. The van der Waals surface area contributed by atoms with Crippen LogP contribution in [0.15, 0.2) is 16.8 Å². The standard InChI is InChI=1S/C26H38N2O7/c1-15(30)26(34)11-8-20-18-5-4-16-12-17(28-35-14-22(31)27-21(13-29)23(32)33)6-9-24(16,2)19(18)7-10-25(20,26)3/h12,18-21,29,34H,4-11,13-14H2,1-3H3,(H,27,31)(H,32,33)/b28-17+/t18-,19+,20+,21+,24+,25+,26+/m1/s1. The Balaban J connectivity index is 1.43. The van der Waals surface area contributed by atoms with E-state index in [-0.39, 0.29) is 16.6 Å². The zero-order valence-electron chi connectivity index (χ0n) is 20.9. The Bertz CT molecular complexity index is 961. The molecule has 0 aromatic rings. The molecule has 4 N–H and O–H groups in total. The second kappa shape index (κ2) is 9.32. The van der Waals surface area contributed by atoms with Gasteiger partial charge in [0.25, 0.3) is 5.91 Å². The van der Waals surface area contributed by atoms with Gasteiger partial charge in [0, 0.05) is 5.41 Å². The van der Waals surface area contributed by atoms with Gasteiger partial charge < -0.3 is 25.5 Å². The van der Waals surface area contributed by atoms with Crippen molar-refractivity contribution in [1.29, 1.82) is 0 Å². The maximum absolute atomic E-state index is 12.4. The molecule has 4 rings (SSSR count). The van der Waals surface area contributed by atoms with Crippen LogP contribution in [0.5, 0.6) is 0 Å². The van der Waals surface area contributed by atoms with Crippen LogP contribution in [0.1, 0.15) is 72.1 Å². The number of Topliss-reactive ketones (excluding diaryl/α,β-unsaturated/α-hetero) is 1. The summed E-state index contributed by atoms with van der Waals surface area (Å²) >= 11 is 0. The highest BCUT2D eigenvalue weighted by molar-refractivity contribution is 5.96. The fourth-order valence-corrected chi connectivity index (χ4v) is 7.83. The molecule has 4 aliphatic carbocycles. The second-order valence-electron chi connectivity index (χ2n) is 11.4. The van der Waals surface area contributed by atoms with Crippen molar-refractivity contribution in [3.63, 3.8) is 0 Å². The Labute approximate surface area is 206 Å². The summed E-state index contributed by atoms with van der Waals surface area (Å²) in [6.07, 6.45) is 9.07. The second-order valence-corrected chi connectivity index (χ2v) is 11.4. The first kappa shape index (κ1) is 25.8. The van der Waals surface area contributed by atoms with Gasteiger partial charge in [-0.2, -0.15) is 0 Å². The number of hydrogen-bond donors (Lipinski definition) is 4. The first-order chi connectivity index (χ1) is 16.5. The van der Waals surface area contributed by atoms with E-state index in [1.165, 1.54) is 12.5 Å². The van der Waals surface area contributed by atoms with Gasteiger partial charge in [0.05, 0.1) is 12.3 Å². The molecule has 0 saturated heterocycles. The Morgan fingerprint density at radius 1 is 1.14 bits per heavy atom. The van der Waals surface area contributed by atoms with E-state index < -0.39 is 36.7 Å². The van der Waals surface area contributed by atoms with E-state index in [1.807, 2.05) is 0 Å². The maximum Gasteiger partial charge on any atom is 0.328 e. The lowest BCUT2D eigenvalue weighted by atomic mass is 9.46. The minimum atomic E-state index is -1.37. The molecule has 194 valence electrons. The van der Waals surface area contributed by atoms with Crippen LogP contribution in [0.2, 0.25) is 0 Å². The molecule has 3 saturated carbocycles. The number of amides is 1. The van der Waals surface area contributed by atoms with E-state index in [0.29, 0.717) is 24.2 Å². The molecule has 0 heterocycles. The smallest absolute Gasteiger partial charge is 0.328 e. The molecule has 7 atom stereocenters. The van der Waals surface area contributed by atoms with Gasteiger partial charge >= 0.3 is 5.97 Å². The van der Waals surface area contributed by atoms with Crippen molar-refractivity contribution in [1.82, 2.24) is 5.32 Å². The lowest BCUT2D eigenvalue weighted by Crippen LogP contribution is -2.57. The van der Waals surface area contributed by atoms with Crippen LogP contribution in [-0.4, -0.2) is 63.5 Å². The minimum absolute atomic E-state index is 0.0490. The summed E-state index contributed by atoms with van der Waals surface area (Å²) < 4.78 is 0. The zero-order chi connectivity index (χ0) is 25.6. The predicted molar refractivity (Wildman–Crippen MR) is 127 cm³/mol. The summed E-state index contributed by atoms with van der Waals surface area (Å²) in [7, 11) is 0. The summed E-state index contributed by atoms with van der Waals surface area (Å²) in [4.78, 5) is 40.4. The number of aliphatic hydroxyl groups excluding tert-OH is 1. The van der Waals surface area contributed by atoms with Gasteiger partial charge in [-0.05, 0) is 87.5 Å². The molecule has 0 spiro atoms. The molecule has 9 heteroatoms. The van der Waals surface area contributed by atoms with Crippen LogP contribution in [0.25, 0.3) is 0 Å². The van der Waals surface area contributed by atoms with Gasteiger partial charge in [0.1, 0.15) is 11.6 Å².